The lowest BCUT2D eigenvalue weighted by molar-refractivity contribution is -0.136. The van der Waals surface area contributed by atoms with Crippen molar-refractivity contribution in [3.8, 4) is 17.0 Å². The van der Waals surface area contributed by atoms with Crippen LogP contribution in [0.15, 0.2) is 73.1 Å². The van der Waals surface area contributed by atoms with Crippen LogP contribution in [-0.4, -0.2) is 31.5 Å². The van der Waals surface area contributed by atoms with Crippen molar-refractivity contribution in [2.45, 2.75) is 6.42 Å². The summed E-state index contributed by atoms with van der Waals surface area (Å²) >= 11 is 0. The number of phenols is 1. The summed E-state index contributed by atoms with van der Waals surface area (Å²) in [6, 6.07) is 17.3. The van der Waals surface area contributed by atoms with Crippen LogP contribution in [0, 0.1) is 0 Å². The minimum Gasteiger partial charge on any atom is -0.506 e. The SMILES string of the molecule is O=C(O)Cc1ccc(O)c(NC(=O)c2ccn3cc(-c4ccccc4)nc3c2)c1. The van der Waals surface area contributed by atoms with Crippen molar-refractivity contribution in [1.82, 2.24) is 9.38 Å². The van der Waals surface area contributed by atoms with Gasteiger partial charge in [0.05, 0.1) is 17.8 Å². The van der Waals surface area contributed by atoms with E-state index in [4.69, 9.17) is 5.11 Å². The van der Waals surface area contributed by atoms with E-state index in [0.717, 1.165) is 11.3 Å². The molecule has 4 aromatic rings. The van der Waals surface area contributed by atoms with E-state index >= 15 is 0 Å². The van der Waals surface area contributed by atoms with Gasteiger partial charge in [-0.3, -0.25) is 9.59 Å². The van der Waals surface area contributed by atoms with Crippen LogP contribution < -0.4 is 5.32 Å². The fourth-order valence-electron chi connectivity index (χ4n) is 3.03. The molecule has 0 saturated carbocycles. The van der Waals surface area contributed by atoms with E-state index in [9.17, 15) is 14.7 Å². The number of carboxylic acid groups (broad SMARTS) is 1. The van der Waals surface area contributed by atoms with Crippen molar-refractivity contribution in [2.24, 2.45) is 0 Å². The van der Waals surface area contributed by atoms with Crippen LogP contribution in [-0.2, 0) is 11.2 Å². The summed E-state index contributed by atoms with van der Waals surface area (Å²) in [4.78, 5) is 28.1. The molecule has 2 aromatic carbocycles. The van der Waals surface area contributed by atoms with E-state index in [1.807, 2.05) is 40.9 Å². The van der Waals surface area contributed by atoms with Crippen LogP contribution in [0.25, 0.3) is 16.9 Å². The van der Waals surface area contributed by atoms with Gasteiger partial charge in [0.2, 0.25) is 0 Å². The minimum atomic E-state index is -0.994. The predicted octanol–water partition coefficient (Wildman–Crippen LogP) is 3.59. The first-order valence-corrected chi connectivity index (χ1v) is 8.89. The van der Waals surface area contributed by atoms with E-state index in [1.54, 1.807) is 18.3 Å². The first-order chi connectivity index (χ1) is 14.0. The number of anilines is 1. The number of nitrogens with zero attached hydrogens (tertiary/aromatic N) is 2. The predicted molar refractivity (Wildman–Crippen MR) is 108 cm³/mol. The van der Waals surface area contributed by atoms with Gasteiger partial charge in [0.1, 0.15) is 11.4 Å². The minimum absolute atomic E-state index is 0.138. The number of rotatable bonds is 5. The standard InChI is InChI=1S/C22H17N3O4/c26-19-7-6-14(11-21(27)28)10-17(19)24-22(29)16-8-9-25-13-18(23-20(25)12-16)15-4-2-1-3-5-15/h1-10,12-13,26H,11H2,(H,24,29)(H,27,28). The van der Waals surface area contributed by atoms with Gasteiger partial charge in [-0.1, -0.05) is 36.4 Å². The molecular formula is C22H17N3O4. The van der Waals surface area contributed by atoms with E-state index < -0.39 is 11.9 Å². The van der Waals surface area contributed by atoms with Gasteiger partial charge in [0.15, 0.2) is 0 Å². The monoisotopic (exact) mass is 387 g/mol. The lowest BCUT2D eigenvalue weighted by atomic mass is 10.1. The second-order valence-corrected chi connectivity index (χ2v) is 6.55. The molecule has 3 N–H and O–H groups in total. The zero-order valence-corrected chi connectivity index (χ0v) is 15.2. The summed E-state index contributed by atoms with van der Waals surface area (Å²) in [7, 11) is 0. The van der Waals surface area contributed by atoms with Gasteiger partial charge in [-0.25, -0.2) is 4.98 Å². The van der Waals surface area contributed by atoms with Crippen molar-refractivity contribution in [1.29, 1.82) is 0 Å². The molecule has 0 bridgehead atoms. The maximum absolute atomic E-state index is 12.6. The number of benzene rings is 2. The number of hydrogen-bond donors (Lipinski definition) is 3. The number of amides is 1. The fourth-order valence-corrected chi connectivity index (χ4v) is 3.03. The highest BCUT2D eigenvalue weighted by Gasteiger charge is 2.13. The summed E-state index contributed by atoms with van der Waals surface area (Å²) in [5.74, 6) is -1.56. The van der Waals surface area contributed by atoms with E-state index in [1.165, 1.54) is 18.2 Å². The molecule has 0 fully saturated rings. The third kappa shape index (κ3) is 3.93. The molecule has 0 saturated heterocycles. The number of carboxylic acids is 1. The van der Waals surface area contributed by atoms with Crippen molar-refractivity contribution >= 4 is 23.2 Å². The van der Waals surface area contributed by atoms with E-state index in [-0.39, 0.29) is 17.9 Å². The molecule has 7 heteroatoms. The Hall–Kier alpha value is -4.13. The Morgan fingerprint density at radius 1 is 1.03 bits per heavy atom. The van der Waals surface area contributed by atoms with Crippen molar-refractivity contribution in [2.75, 3.05) is 5.32 Å². The maximum atomic E-state index is 12.6. The lowest BCUT2D eigenvalue weighted by Gasteiger charge is -2.09. The number of carbonyl (C=O) groups excluding carboxylic acids is 1. The molecule has 0 unspecified atom stereocenters. The molecular weight excluding hydrogens is 370 g/mol. The molecule has 2 heterocycles. The molecule has 7 nitrogen and oxygen atoms in total. The largest absolute Gasteiger partial charge is 0.506 e. The average Bonchev–Trinajstić information content (AvgIpc) is 3.14. The number of pyridine rings is 1. The zero-order chi connectivity index (χ0) is 20.4. The molecule has 0 radical (unpaired) electrons. The molecule has 2 aromatic heterocycles. The lowest BCUT2D eigenvalue weighted by Crippen LogP contribution is -2.13. The Morgan fingerprint density at radius 3 is 2.59 bits per heavy atom. The fraction of sp³-hybridized carbons (Fsp3) is 0.0455. The number of hydrogen-bond acceptors (Lipinski definition) is 4. The summed E-state index contributed by atoms with van der Waals surface area (Å²) in [5.41, 5.74) is 3.37. The Kier molecular flexibility index (Phi) is 4.70. The summed E-state index contributed by atoms with van der Waals surface area (Å²) in [6.45, 7) is 0. The first kappa shape index (κ1) is 18.2. The molecule has 0 spiro atoms. The number of nitrogens with one attached hydrogen (secondary N) is 1. The highest BCUT2D eigenvalue weighted by molar-refractivity contribution is 6.05. The van der Waals surface area contributed by atoms with Gasteiger partial charge < -0.3 is 19.9 Å². The van der Waals surface area contributed by atoms with Crippen LogP contribution >= 0.6 is 0 Å². The van der Waals surface area contributed by atoms with Crippen LogP contribution in [0.3, 0.4) is 0 Å². The number of carbonyl (C=O) groups is 2. The number of phenolic OH excluding ortho intramolecular Hbond substituents is 1. The summed E-state index contributed by atoms with van der Waals surface area (Å²) in [5, 5.41) is 21.5. The third-order valence-electron chi connectivity index (χ3n) is 4.46. The van der Waals surface area contributed by atoms with Gasteiger partial charge in [-0.2, -0.15) is 0 Å². The van der Waals surface area contributed by atoms with Gasteiger partial charge in [0.25, 0.3) is 5.91 Å². The number of aromatic nitrogens is 2. The Morgan fingerprint density at radius 2 is 1.83 bits per heavy atom. The Labute approximate surface area is 165 Å². The average molecular weight is 387 g/mol. The number of imidazole rings is 1. The molecule has 144 valence electrons. The van der Waals surface area contributed by atoms with Crippen LogP contribution in [0.4, 0.5) is 5.69 Å². The van der Waals surface area contributed by atoms with Crippen LogP contribution in [0.1, 0.15) is 15.9 Å². The van der Waals surface area contributed by atoms with E-state index in [0.29, 0.717) is 16.8 Å². The zero-order valence-electron chi connectivity index (χ0n) is 15.2. The normalized spacial score (nSPS) is 10.8. The van der Waals surface area contributed by atoms with Gasteiger partial charge in [-0.15, -0.1) is 0 Å². The van der Waals surface area contributed by atoms with Crippen LogP contribution in [0.5, 0.6) is 5.75 Å². The highest BCUT2D eigenvalue weighted by Crippen LogP contribution is 2.25. The molecule has 0 aliphatic carbocycles. The number of fused-ring (bicyclic) bond motifs is 1. The third-order valence-corrected chi connectivity index (χ3v) is 4.46. The van der Waals surface area contributed by atoms with Gasteiger partial charge in [0, 0.05) is 23.5 Å². The second-order valence-electron chi connectivity index (χ2n) is 6.55. The van der Waals surface area contributed by atoms with E-state index in [2.05, 4.69) is 10.3 Å². The van der Waals surface area contributed by atoms with Gasteiger partial charge >= 0.3 is 5.97 Å². The molecule has 0 aliphatic heterocycles. The summed E-state index contributed by atoms with van der Waals surface area (Å²) in [6.07, 6.45) is 3.42. The van der Waals surface area contributed by atoms with Gasteiger partial charge in [-0.05, 0) is 29.8 Å². The van der Waals surface area contributed by atoms with Crippen molar-refractivity contribution in [3.05, 3.63) is 84.2 Å². The molecule has 29 heavy (non-hydrogen) atoms. The molecule has 0 atom stereocenters. The number of aromatic hydroxyl groups is 1. The Bertz CT molecular complexity index is 1220. The first-order valence-electron chi connectivity index (χ1n) is 8.89. The molecule has 0 aliphatic rings. The quantitative estimate of drug-likeness (QED) is 0.454. The second kappa shape index (κ2) is 7.47. The van der Waals surface area contributed by atoms with Crippen LogP contribution in [0.2, 0.25) is 0 Å². The number of aliphatic carboxylic acids is 1. The molecule has 4 rings (SSSR count). The summed E-state index contributed by atoms with van der Waals surface area (Å²) < 4.78 is 1.82. The smallest absolute Gasteiger partial charge is 0.307 e. The van der Waals surface area contributed by atoms with Crippen molar-refractivity contribution < 1.29 is 19.8 Å². The molecule has 1 amide bonds. The van der Waals surface area contributed by atoms with Crippen molar-refractivity contribution in [3.63, 3.8) is 0 Å². The maximum Gasteiger partial charge on any atom is 0.307 e. The Balaban J connectivity index is 1.60. The highest BCUT2D eigenvalue weighted by atomic mass is 16.4. The topological polar surface area (TPSA) is 104 Å².